The lowest BCUT2D eigenvalue weighted by Crippen LogP contribution is -2.21. The highest BCUT2D eigenvalue weighted by atomic mass is 32.1. The van der Waals surface area contributed by atoms with Crippen LogP contribution in [0.3, 0.4) is 0 Å². The van der Waals surface area contributed by atoms with Gasteiger partial charge in [0.2, 0.25) is 0 Å². The maximum Gasteiger partial charge on any atom is 0.00949 e. The van der Waals surface area contributed by atoms with E-state index < -0.39 is 0 Å². The van der Waals surface area contributed by atoms with Crippen LogP contribution in [0.1, 0.15) is 16.4 Å². The van der Waals surface area contributed by atoms with Crippen molar-refractivity contribution in [1.29, 1.82) is 0 Å². The molecule has 62 valence electrons. The van der Waals surface area contributed by atoms with Crippen molar-refractivity contribution in [2.24, 2.45) is 11.5 Å². The lowest BCUT2D eigenvalue weighted by molar-refractivity contribution is 0.707. The Morgan fingerprint density at radius 3 is 2.45 bits per heavy atom. The highest BCUT2D eigenvalue weighted by Crippen LogP contribution is 2.22. The van der Waals surface area contributed by atoms with Gasteiger partial charge in [-0.05, 0) is 23.9 Å². The molecule has 0 unspecified atom stereocenters. The van der Waals surface area contributed by atoms with Crippen molar-refractivity contribution in [1.82, 2.24) is 0 Å². The Labute approximate surface area is 71.2 Å². The molecular formula is C8H14N2S. The summed E-state index contributed by atoms with van der Waals surface area (Å²) in [6, 6.07) is 2.12. The first-order chi connectivity index (χ1) is 5.29. The van der Waals surface area contributed by atoms with E-state index in [4.69, 9.17) is 11.5 Å². The van der Waals surface area contributed by atoms with Crippen molar-refractivity contribution >= 4 is 11.3 Å². The summed E-state index contributed by atoms with van der Waals surface area (Å²) >= 11 is 1.75. The van der Waals surface area contributed by atoms with Gasteiger partial charge in [0.15, 0.2) is 0 Å². The van der Waals surface area contributed by atoms with Gasteiger partial charge in [-0.25, -0.2) is 0 Å². The molecule has 0 bridgehead atoms. The summed E-state index contributed by atoms with van der Waals surface area (Å²) in [5, 5.41) is 2.09. The Kier molecular flexibility index (Phi) is 3.05. The number of hydrogen-bond donors (Lipinski definition) is 2. The van der Waals surface area contributed by atoms with Gasteiger partial charge in [-0.2, -0.15) is 0 Å². The summed E-state index contributed by atoms with van der Waals surface area (Å²) in [5.41, 5.74) is 12.5. The molecule has 1 heterocycles. The van der Waals surface area contributed by atoms with Crippen molar-refractivity contribution in [2.75, 3.05) is 13.1 Å². The van der Waals surface area contributed by atoms with Crippen LogP contribution < -0.4 is 11.5 Å². The Hall–Kier alpha value is -0.380. The van der Waals surface area contributed by atoms with Gasteiger partial charge in [0, 0.05) is 23.9 Å². The van der Waals surface area contributed by atoms with E-state index in [-0.39, 0.29) is 0 Å². The van der Waals surface area contributed by atoms with Crippen molar-refractivity contribution in [2.45, 2.75) is 12.8 Å². The number of hydrogen-bond acceptors (Lipinski definition) is 3. The molecule has 0 radical (unpaired) electrons. The van der Waals surface area contributed by atoms with Crippen LogP contribution in [0.15, 0.2) is 11.4 Å². The van der Waals surface area contributed by atoms with Gasteiger partial charge < -0.3 is 11.5 Å². The summed E-state index contributed by atoms with van der Waals surface area (Å²) < 4.78 is 0. The second-order valence-corrected chi connectivity index (χ2v) is 3.72. The van der Waals surface area contributed by atoms with Crippen LogP contribution >= 0.6 is 11.3 Å². The molecule has 0 amide bonds. The van der Waals surface area contributed by atoms with Crippen LogP contribution in [0.2, 0.25) is 0 Å². The van der Waals surface area contributed by atoms with E-state index >= 15 is 0 Å². The molecule has 11 heavy (non-hydrogen) atoms. The van der Waals surface area contributed by atoms with Gasteiger partial charge in [0.1, 0.15) is 0 Å². The molecule has 0 aliphatic carbocycles. The Balaban J connectivity index is 2.81. The van der Waals surface area contributed by atoms with Gasteiger partial charge in [-0.1, -0.05) is 0 Å². The van der Waals surface area contributed by atoms with Crippen LogP contribution in [0.25, 0.3) is 0 Å². The lowest BCUT2D eigenvalue weighted by atomic mass is 10.0. The normalized spacial score (nSPS) is 10.9. The molecule has 0 aromatic carbocycles. The first-order valence-electron chi connectivity index (χ1n) is 3.73. The van der Waals surface area contributed by atoms with Crippen molar-refractivity contribution in [3.05, 3.63) is 21.9 Å². The minimum atomic E-state index is 0.348. The largest absolute Gasteiger partial charge is 0.330 e. The third-order valence-electron chi connectivity index (χ3n) is 1.91. The number of rotatable bonds is 3. The van der Waals surface area contributed by atoms with E-state index in [2.05, 4.69) is 18.4 Å². The van der Waals surface area contributed by atoms with Crippen LogP contribution in [-0.4, -0.2) is 13.1 Å². The summed E-state index contributed by atoms with van der Waals surface area (Å²) in [6.07, 6.45) is 0. The molecule has 1 aromatic heterocycles. The summed E-state index contributed by atoms with van der Waals surface area (Å²) in [4.78, 5) is 1.34. The van der Waals surface area contributed by atoms with Crippen molar-refractivity contribution in [3.63, 3.8) is 0 Å². The SMILES string of the molecule is Cc1sccc1C(CN)CN. The fourth-order valence-electron chi connectivity index (χ4n) is 1.17. The highest BCUT2D eigenvalue weighted by molar-refractivity contribution is 7.10. The molecule has 0 spiro atoms. The van der Waals surface area contributed by atoms with Crippen molar-refractivity contribution in [3.8, 4) is 0 Å². The molecule has 0 aliphatic rings. The zero-order chi connectivity index (χ0) is 8.27. The maximum absolute atomic E-state index is 5.57. The van der Waals surface area contributed by atoms with E-state index in [1.54, 1.807) is 11.3 Å². The highest BCUT2D eigenvalue weighted by Gasteiger charge is 2.10. The van der Waals surface area contributed by atoms with Crippen LogP contribution in [0.4, 0.5) is 0 Å². The Morgan fingerprint density at radius 1 is 1.45 bits per heavy atom. The van der Waals surface area contributed by atoms with Gasteiger partial charge in [-0.15, -0.1) is 11.3 Å². The molecule has 2 nitrogen and oxygen atoms in total. The zero-order valence-electron chi connectivity index (χ0n) is 6.71. The van der Waals surface area contributed by atoms with Gasteiger partial charge in [0.25, 0.3) is 0 Å². The van der Waals surface area contributed by atoms with Crippen LogP contribution in [-0.2, 0) is 0 Å². The van der Waals surface area contributed by atoms with E-state index in [1.165, 1.54) is 10.4 Å². The predicted octanol–water partition coefficient (Wildman–Crippen LogP) is 1.06. The maximum atomic E-state index is 5.57. The smallest absolute Gasteiger partial charge is 0.00949 e. The minimum Gasteiger partial charge on any atom is -0.330 e. The zero-order valence-corrected chi connectivity index (χ0v) is 7.53. The Morgan fingerprint density at radius 2 is 2.09 bits per heavy atom. The quantitative estimate of drug-likeness (QED) is 0.712. The van der Waals surface area contributed by atoms with Crippen LogP contribution in [0, 0.1) is 6.92 Å². The average molecular weight is 170 g/mol. The molecule has 0 saturated carbocycles. The molecule has 3 heteroatoms. The predicted molar refractivity (Wildman–Crippen MR) is 49.9 cm³/mol. The summed E-state index contributed by atoms with van der Waals surface area (Å²) in [5.74, 6) is 0.348. The molecule has 4 N–H and O–H groups in total. The molecule has 0 aliphatic heterocycles. The minimum absolute atomic E-state index is 0.348. The van der Waals surface area contributed by atoms with Gasteiger partial charge >= 0.3 is 0 Å². The Bertz CT molecular complexity index is 216. The molecule has 0 fully saturated rings. The second kappa shape index (κ2) is 3.85. The molecule has 0 atom stereocenters. The van der Waals surface area contributed by atoms with E-state index in [0.717, 1.165) is 0 Å². The first kappa shape index (κ1) is 8.71. The summed E-state index contributed by atoms with van der Waals surface area (Å²) in [7, 11) is 0. The monoisotopic (exact) mass is 170 g/mol. The van der Waals surface area contributed by atoms with Gasteiger partial charge in [-0.3, -0.25) is 0 Å². The third-order valence-corrected chi connectivity index (χ3v) is 2.77. The molecule has 1 aromatic rings. The van der Waals surface area contributed by atoms with E-state index in [9.17, 15) is 0 Å². The summed E-state index contributed by atoms with van der Waals surface area (Å²) in [6.45, 7) is 3.40. The van der Waals surface area contributed by atoms with Crippen LogP contribution in [0.5, 0.6) is 0 Å². The fraction of sp³-hybridized carbons (Fsp3) is 0.500. The van der Waals surface area contributed by atoms with Gasteiger partial charge in [0.05, 0.1) is 0 Å². The first-order valence-corrected chi connectivity index (χ1v) is 4.61. The topological polar surface area (TPSA) is 52.0 Å². The number of thiophene rings is 1. The second-order valence-electron chi connectivity index (χ2n) is 2.60. The molecule has 0 saturated heterocycles. The van der Waals surface area contributed by atoms with Crippen molar-refractivity contribution < 1.29 is 0 Å². The van der Waals surface area contributed by atoms with E-state index in [0.29, 0.717) is 19.0 Å². The lowest BCUT2D eigenvalue weighted by Gasteiger charge is -2.10. The molecule has 1 rings (SSSR count). The fourth-order valence-corrected chi connectivity index (χ4v) is 1.96. The van der Waals surface area contributed by atoms with E-state index in [1.807, 2.05) is 0 Å². The third kappa shape index (κ3) is 1.80. The standard InChI is InChI=1S/C8H14N2S/c1-6-8(2-3-11-6)7(4-9)5-10/h2-3,7H,4-5,9-10H2,1H3. The average Bonchev–Trinajstić information content (AvgIpc) is 2.40. The number of nitrogens with two attached hydrogens (primary N) is 2. The molecular weight excluding hydrogens is 156 g/mol. The number of aryl methyl sites for hydroxylation is 1.